The molecule has 0 aliphatic carbocycles. The van der Waals surface area contributed by atoms with Crippen molar-refractivity contribution >= 4 is 28.5 Å². The monoisotopic (exact) mass is 502 g/mol. The maximum Gasteiger partial charge on any atom is 0.416 e. The van der Waals surface area contributed by atoms with Crippen LogP contribution < -0.4 is 5.32 Å². The predicted molar refractivity (Wildman–Crippen MR) is 117 cm³/mol. The van der Waals surface area contributed by atoms with Gasteiger partial charge in [0.25, 0.3) is 5.91 Å². The van der Waals surface area contributed by atoms with Gasteiger partial charge in [-0.05, 0) is 25.1 Å². The number of alkyl halides is 3. The van der Waals surface area contributed by atoms with Crippen molar-refractivity contribution in [2.75, 3.05) is 0 Å². The summed E-state index contributed by atoms with van der Waals surface area (Å²) in [7, 11) is 0. The second-order valence-corrected chi connectivity index (χ2v) is 7.83. The Labute approximate surface area is 199 Å². The molecule has 0 aliphatic heterocycles. The Morgan fingerprint density at radius 3 is 2.74 bits per heavy atom. The molecule has 0 aliphatic rings. The molecule has 10 nitrogen and oxygen atoms in total. The number of amides is 1. The number of halogens is 4. The summed E-state index contributed by atoms with van der Waals surface area (Å²) in [6, 6.07) is 4.06. The standard InChI is InChI=1S/C21H14ClF3N8O2/c1-9(30-20(34)17-15(22)16(28-8-29-17)19-26-4-5-27-19)14-7-13(33-35-14)18-31-11-3-2-10(21(23,24)25)6-12(11)32-18/h2-9H,1H3,(H,26,27)(H,30,34)(H,31,32)/t9-/m1/s1. The quantitative estimate of drug-likeness (QED) is 0.320. The van der Waals surface area contributed by atoms with Gasteiger partial charge in [0, 0.05) is 18.5 Å². The minimum atomic E-state index is -4.47. The molecule has 0 spiro atoms. The molecule has 35 heavy (non-hydrogen) atoms. The maximum atomic E-state index is 13.0. The molecule has 0 saturated heterocycles. The molecule has 0 bridgehead atoms. The van der Waals surface area contributed by atoms with E-state index in [1.807, 2.05) is 0 Å². The summed E-state index contributed by atoms with van der Waals surface area (Å²) in [5, 5.41) is 6.64. The highest BCUT2D eigenvalue weighted by molar-refractivity contribution is 6.35. The molecule has 1 aromatic carbocycles. The summed E-state index contributed by atoms with van der Waals surface area (Å²) < 4.78 is 44.2. The van der Waals surface area contributed by atoms with Crippen LogP contribution in [0.3, 0.4) is 0 Å². The van der Waals surface area contributed by atoms with Crippen molar-refractivity contribution in [3.05, 3.63) is 65.0 Å². The zero-order valence-electron chi connectivity index (χ0n) is 17.7. The van der Waals surface area contributed by atoms with Gasteiger partial charge >= 0.3 is 6.18 Å². The number of carbonyl (C=O) groups excluding carboxylic acids is 1. The number of fused-ring (bicyclic) bond motifs is 1. The molecule has 1 amide bonds. The van der Waals surface area contributed by atoms with Gasteiger partial charge in [0.05, 0.1) is 22.6 Å². The highest BCUT2D eigenvalue weighted by Gasteiger charge is 2.31. The third-order valence-electron chi connectivity index (χ3n) is 5.08. The van der Waals surface area contributed by atoms with Gasteiger partial charge < -0.3 is 19.8 Å². The van der Waals surface area contributed by atoms with Gasteiger partial charge in [-0.25, -0.2) is 19.9 Å². The Morgan fingerprint density at radius 2 is 2.00 bits per heavy atom. The fraction of sp³-hybridized carbons (Fsp3) is 0.143. The van der Waals surface area contributed by atoms with Gasteiger partial charge in [-0.3, -0.25) is 4.79 Å². The Kier molecular flexibility index (Phi) is 5.47. The molecule has 5 aromatic rings. The first-order valence-corrected chi connectivity index (χ1v) is 10.4. The van der Waals surface area contributed by atoms with E-state index < -0.39 is 23.7 Å². The second-order valence-electron chi connectivity index (χ2n) is 7.45. The molecule has 0 fully saturated rings. The number of hydrogen-bond acceptors (Lipinski definition) is 7. The largest absolute Gasteiger partial charge is 0.416 e. The van der Waals surface area contributed by atoms with Crippen molar-refractivity contribution < 1.29 is 22.5 Å². The van der Waals surface area contributed by atoms with Gasteiger partial charge in [-0.2, -0.15) is 13.2 Å². The van der Waals surface area contributed by atoms with Crippen LogP contribution >= 0.6 is 11.6 Å². The van der Waals surface area contributed by atoms with Crippen LogP contribution in [0.25, 0.3) is 34.1 Å². The summed E-state index contributed by atoms with van der Waals surface area (Å²) in [6.45, 7) is 1.65. The molecule has 1 atom stereocenters. The van der Waals surface area contributed by atoms with Crippen LogP contribution in [-0.2, 0) is 6.18 Å². The van der Waals surface area contributed by atoms with Crippen LogP contribution in [-0.4, -0.2) is 41.0 Å². The lowest BCUT2D eigenvalue weighted by molar-refractivity contribution is -0.137. The summed E-state index contributed by atoms with van der Waals surface area (Å²) in [4.78, 5) is 34.8. The zero-order valence-corrected chi connectivity index (χ0v) is 18.4. The second kappa shape index (κ2) is 8.51. The van der Waals surface area contributed by atoms with Gasteiger partial charge in [0.15, 0.2) is 23.1 Å². The fourth-order valence-electron chi connectivity index (χ4n) is 3.34. The highest BCUT2D eigenvalue weighted by atomic mass is 35.5. The number of nitrogens with one attached hydrogen (secondary N) is 3. The number of nitrogens with zero attached hydrogens (tertiary/aromatic N) is 5. The summed E-state index contributed by atoms with van der Waals surface area (Å²) in [5.74, 6) is 0.294. The van der Waals surface area contributed by atoms with E-state index in [-0.39, 0.29) is 39.2 Å². The third-order valence-corrected chi connectivity index (χ3v) is 5.44. The number of carbonyl (C=O) groups is 1. The minimum absolute atomic E-state index is 0.0194. The van der Waals surface area contributed by atoms with E-state index in [9.17, 15) is 18.0 Å². The number of rotatable bonds is 5. The molecule has 4 aromatic heterocycles. The fourth-order valence-corrected chi connectivity index (χ4v) is 3.61. The number of aromatic nitrogens is 7. The molecular weight excluding hydrogens is 489 g/mol. The van der Waals surface area contributed by atoms with Gasteiger partial charge in [-0.15, -0.1) is 0 Å². The number of hydrogen-bond donors (Lipinski definition) is 3. The molecule has 5 rings (SSSR count). The van der Waals surface area contributed by atoms with E-state index in [4.69, 9.17) is 16.1 Å². The summed E-state index contributed by atoms with van der Waals surface area (Å²) in [5.41, 5.74) is 0.209. The van der Waals surface area contributed by atoms with Gasteiger partial charge in [0.1, 0.15) is 22.7 Å². The van der Waals surface area contributed by atoms with Gasteiger partial charge in [-0.1, -0.05) is 16.8 Å². The number of H-pyrrole nitrogens is 2. The van der Waals surface area contributed by atoms with E-state index in [1.54, 1.807) is 13.1 Å². The first kappa shape index (κ1) is 22.5. The van der Waals surface area contributed by atoms with Crippen molar-refractivity contribution in [3.63, 3.8) is 0 Å². The van der Waals surface area contributed by atoms with Crippen LogP contribution in [0.2, 0.25) is 5.02 Å². The predicted octanol–water partition coefficient (Wildman–Crippen LogP) is 4.56. The van der Waals surface area contributed by atoms with E-state index in [0.717, 1.165) is 12.1 Å². The number of aromatic amines is 2. The minimum Gasteiger partial charge on any atom is -0.358 e. The smallest absolute Gasteiger partial charge is 0.358 e. The Hall–Kier alpha value is -4.26. The molecule has 14 heteroatoms. The number of benzene rings is 1. The third kappa shape index (κ3) is 4.33. The summed E-state index contributed by atoms with van der Waals surface area (Å²) in [6.07, 6.45) is -0.163. The van der Waals surface area contributed by atoms with Crippen LogP contribution in [0.15, 0.2) is 47.5 Å². The molecule has 0 radical (unpaired) electrons. The van der Waals surface area contributed by atoms with Crippen molar-refractivity contribution in [2.45, 2.75) is 19.1 Å². The van der Waals surface area contributed by atoms with Crippen LogP contribution in [0.1, 0.15) is 34.8 Å². The van der Waals surface area contributed by atoms with E-state index >= 15 is 0 Å². The van der Waals surface area contributed by atoms with Crippen molar-refractivity contribution in [3.8, 4) is 23.0 Å². The molecular formula is C21H14ClF3N8O2. The van der Waals surface area contributed by atoms with E-state index in [0.29, 0.717) is 11.3 Å². The maximum absolute atomic E-state index is 13.0. The van der Waals surface area contributed by atoms with E-state index in [2.05, 4.69) is 40.4 Å². The Balaban J connectivity index is 1.35. The molecule has 4 heterocycles. The van der Waals surface area contributed by atoms with Crippen molar-refractivity contribution in [2.24, 2.45) is 0 Å². The van der Waals surface area contributed by atoms with E-state index in [1.165, 1.54) is 24.7 Å². The molecule has 0 unspecified atom stereocenters. The Bertz CT molecular complexity index is 1530. The van der Waals surface area contributed by atoms with Gasteiger partial charge in [0.2, 0.25) is 0 Å². The lowest BCUT2D eigenvalue weighted by atomic mass is 10.2. The average molecular weight is 503 g/mol. The molecule has 3 N–H and O–H groups in total. The molecule has 178 valence electrons. The van der Waals surface area contributed by atoms with Crippen molar-refractivity contribution in [1.82, 2.24) is 40.4 Å². The van der Waals surface area contributed by atoms with Crippen molar-refractivity contribution in [1.29, 1.82) is 0 Å². The highest BCUT2D eigenvalue weighted by Crippen LogP contribution is 2.32. The lowest BCUT2D eigenvalue weighted by Gasteiger charge is -2.11. The average Bonchev–Trinajstić information content (AvgIpc) is 3.58. The lowest BCUT2D eigenvalue weighted by Crippen LogP contribution is -2.27. The van der Waals surface area contributed by atoms with Crippen LogP contribution in [0.5, 0.6) is 0 Å². The number of imidazole rings is 2. The molecule has 0 saturated carbocycles. The Morgan fingerprint density at radius 1 is 1.17 bits per heavy atom. The van der Waals surface area contributed by atoms with Crippen LogP contribution in [0, 0.1) is 0 Å². The normalized spacial score (nSPS) is 12.7. The SMILES string of the molecule is C[C@@H](NC(=O)c1ncnc(-c2ncc[nH]2)c1Cl)c1cc(-c2nc3ccc(C(F)(F)F)cc3[nH]2)no1. The zero-order chi connectivity index (χ0) is 24.7. The van der Waals surface area contributed by atoms with Crippen LogP contribution in [0.4, 0.5) is 13.2 Å². The topological polar surface area (TPSA) is 138 Å². The first-order valence-electron chi connectivity index (χ1n) is 10.1. The summed E-state index contributed by atoms with van der Waals surface area (Å²) >= 11 is 6.32. The first-order chi connectivity index (χ1) is 16.7.